The van der Waals surface area contributed by atoms with Crippen LogP contribution in [0.4, 0.5) is 5.69 Å². The Kier molecular flexibility index (Phi) is 11.9. The van der Waals surface area contributed by atoms with E-state index in [1.807, 2.05) is 6.07 Å². The summed E-state index contributed by atoms with van der Waals surface area (Å²) in [4.78, 5) is 24.0. The number of methoxy groups -OCH3 is 1. The predicted molar refractivity (Wildman–Crippen MR) is 106 cm³/mol. The zero-order valence-corrected chi connectivity index (χ0v) is 16.1. The molecule has 0 radical (unpaired) electrons. The number of rotatable bonds is 14. The van der Waals surface area contributed by atoms with Gasteiger partial charge in [-0.1, -0.05) is 38.7 Å². The van der Waals surface area contributed by atoms with Gasteiger partial charge in [0, 0.05) is 38.1 Å². The van der Waals surface area contributed by atoms with Crippen LogP contribution in [0.5, 0.6) is 0 Å². The minimum absolute atomic E-state index is 0.0325. The summed E-state index contributed by atoms with van der Waals surface area (Å²) in [5, 5.41) is 8.83. The van der Waals surface area contributed by atoms with Crippen molar-refractivity contribution in [3.8, 4) is 0 Å². The van der Waals surface area contributed by atoms with Gasteiger partial charge in [-0.15, -0.1) is 0 Å². The molecule has 6 heteroatoms. The van der Waals surface area contributed by atoms with E-state index in [0.717, 1.165) is 24.9 Å². The summed E-state index contributed by atoms with van der Waals surface area (Å²) in [6.07, 6.45) is 6.66. The molecule has 26 heavy (non-hydrogen) atoms. The molecule has 1 rings (SSSR count). The SMILES string of the molecule is CCCCCCCNC(=O)CNc1cccc(C(=O)NCCCOC)c1. The first-order chi connectivity index (χ1) is 12.7. The van der Waals surface area contributed by atoms with Crippen molar-refractivity contribution in [2.24, 2.45) is 0 Å². The number of benzene rings is 1. The van der Waals surface area contributed by atoms with E-state index in [1.54, 1.807) is 25.3 Å². The summed E-state index contributed by atoms with van der Waals surface area (Å²) in [6.45, 7) is 4.30. The molecule has 0 aliphatic rings. The van der Waals surface area contributed by atoms with Crippen LogP contribution in [0.15, 0.2) is 24.3 Å². The normalized spacial score (nSPS) is 10.4. The molecular weight excluding hydrogens is 330 g/mol. The molecule has 0 heterocycles. The number of nitrogens with one attached hydrogen (secondary N) is 3. The maximum atomic E-state index is 12.1. The van der Waals surface area contributed by atoms with Gasteiger partial charge in [0.2, 0.25) is 5.91 Å². The lowest BCUT2D eigenvalue weighted by Gasteiger charge is -2.10. The third-order valence-corrected chi connectivity index (χ3v) is 3.99. The molecule has 0 saturated carbocycles. The second-order valence-corrected chi connectivity index (χ2v) is 6.30. The fourth-order valence-corrected chi connectivity index (χ4v) is 2.49. The van der Waals surface area contributed by atoms with E-state index >= 15 is 0 Å². The molecule has 1 aromatic carbocycles. The minimum Gasteiger partial charge on any atom is -0.385 e. The lowest BCUT2D eigenvalue weighted by molar-refractivity contribution is -0.119. The van der Waals surface area contributed by atoms with Crippen molar-refractivity contribution in [3.63, 3.8) is 0 Å². The lowest BCUT2D eigenvalue weighted by atomic mass is 10.1. The summed E-state index contributed by atoms with van der Waals surface area (Å²) in [7, 11) is 1.64. The van der Waals surface area contributed by atoms with E-state index in [9.17, 15) is 9.59 Å². The first-order valence-electron chi connectivity index (χ1n) is 9.55. The first kappa shape index (κ1) is 22.0. The number of anilines is 1. The van der Waals surface area contributed by atoms with E-state index in [-0.39, 0.29) is 18.4 Å². The van der Waals surface area contributed by atoms with Gasteiger partial charge < -0.3 is 20.7 Å². The molecule has 0 aromatic heterocycles. The average Bonchev–Trinajstić information content (AvgIpc) is 2.66. The van der Waals surface area contributed by atoms with Crippen LogP contribution in [0.1, 0.15) is 55.8 Å². The summed E-state index contributed by atoms with van der Waals surface area (Å²) in [5.74, 6) is -0.156. The number of hydrogen-bond donors (Lipinski definition) is 3. The van der Waals surface area contributed by atoms with Crippen molar-refractivity contribution < 1.29 is 14.3 Å². The molecule has 0 saturated heterocycles. The Morgan fingerprint density at radius 2 is 1.77 bits per heavy atom. The number of unbranched alkanes of at least 4 members (excludes halogenated alkanes) is 4. The Labute approximate surface area is 157 Å². The number of ether oxygens (including phenoxy) is 1. The van der Waals surface area contributed by atoms with Crippen LogP contribution < -0.4 is 16.0 Å². The standard InChI is InChI=1S/C20H33N3O3/c1-3-4-5-6-7-12-21-19(24)16-23-18-11-8-10-17(15-18)20(25)22-13-9-14-26-2/h8,10-11,15,23H,3-7,9,12-14,16H2,1-2H3,(H,21,24)(H,22,25). The van der Waals surface area contributed by atoms with Crippen LogP contribution in [0.25, 0.3) is 0 Å². The van der Waals surface area contributed by atoms with Gasteiger partial charge in [-0.25, -0.2) is 0 Å². The van der Waals surface area contributed by atoms with Gasteiger partial charge in [-0.2, -0.15) is 0 Å². The monoisotopic (exact) mass is 363 g/mol. The molecule has 0 spiro atoms. The highest BCUT2D eigenvalue weighted by Crippen LogP contribution is 2.10. The maximum Gasteiger partial charge on any atom is 0.251 e. The Hall–Kier alpha value is -2.08. The van der Waals surface area contributed by atoms with E-state index < -0.39 is 0 Å². The first-order valence-corrected chi connectivity index (χ1v) is 9.55. The van der Waals surface area contributed by atoms with Crippen molar-refractivity contribution in [1.29, 1.82) is 0 Å². The van der Waals surface area contributed by atoms with Gasteiger partial charge in [0.05, 0.1) is 6.54 Å². The summed E-state index contributed by atoms with van der Waals surface area (Å²) in [5.41, 5.74) is 1.33. The van der Waals surface area contributed by atoms with Gasteiger partial charge in [0.15, 0.2) is 0 Å². The molecule has 0 atom stereocenters. The molecule has 6 nitrogen and oxygen atoms in total. The number of carbonyl (C=O) groups excluding carboxylic acids is 2. The molecule has 0 unspecified atom stereocenters. The lowest BCUT2D eigenvalue weighted by Crippen LogP contribution is -2.30. The smallest absolute Gasteiger partial charge is 0.251 e. The Morgan fingerprint density at radius 1 is 1.00 bits per heavy atom. The van der Waals surface area contributed by atoms with Gasteiger partial charge >= 0.3 is 0 Å². The average molecular weight is 364 g/mol. The van der Waals surface area contributed by atoms with E-state index in [1.165, 1.54) is 19.3 Å². The van der Waals surface area contributed by atoms with Gasteiger partial charge in [0.1, 0.15) is 0 Å². The Bertz CT molecular complexity index is 535. The van der Waals surface area contributed by atoms with E-state index in [0.29, 0.717) is 25.3 Å². The molecule has 3 N–H and O–H groups in total. The highest BCUT2D eigenvalue weighted by atomic mass is 16.5. The number of amides is 2. The summed E-state index contributed by atoms with van der Waals surface area (Å²) >= 11 is 0. The van der Waals surface area contributed by atoms with Crippen LogP contribution in [0, 0.1) is 0 Å². The molecule has 2 amide bonds. The molecule has 0 bridgehead atoms. The molecule has 0 aliphatic carbocycles. The second kappa shape index (κ2) is 14.1. The third-order valence-electron chi connectivity index (χ3n) is 3.99. The number of carbonyl (C=O) groups is 2. The fourth-order valence-electron chi connectivity index (χ4n) is 2.49. The van der Waals surface area contributed by atoms with Crippen molar-refractivity contribution in [1.82, 2.24) is 10.6 Å². The van der Waals surface area contributed by atoms with Gasteiger partial charge in [-0.3, -0.25) is 9.59 Å². The zero-order valence-electron chi connectivity index (χ0n) is 16.1. The quantitative estimate of drug-likeness (QED) is 0.444. The highest BCUT2D eigenvalue weighted by Gasteiger charge is 2.06. The molecule has 0 fully saturated rings. The molecule has 146 valence electrons. The number of hydrogen-bond acceptors (Lipinski definition) is 4. The van der Waals surface area contributed by atoms with Crippen LogP contribution in [0.2, 0.25) is 0 Å². The fraction of sp³-hybridized carbons (Fsp3) is 0.600. The van der Waals surface area contributed by atoms with Crippen molar-refractivity contribution >= 4 is 17.5 Å². The van der Waals surface area contributed by atoms with Crippen molar-refractivity contribution in [3.05, 3.63) is 29.8 Å². The predicted octanol–water partition coefficient (Wildman–Crippen LogP) is 2.95. The van der Waals surface area contributed by atoms with Gasteiger partial charge in [0.25, 0.3) is 5.91 Å². The van der Waals surface area contributed by atoms with Crippen molar-refractivity contribution in [2.75, 3.05) is 38.7 Å². The second-order valence-electron chi connectivity index (χ2n) is 6.30. The Balaban J connectivity index is 2.28. The topological polar surface area (TPSA) is 79.5 Å². The van der Waals surface area contributed by atoms with E-state index in [4.69, 9.17) is 4.74 Å². The van der Waals surface area contributed by atoms with Crippen LogP contribution in [-0.2, 0) is 9.53 Å². The largest absolute Gasteiger partial charge is 0.385 e. The van der Waals surface area contributed by atoms with Crippen molar-refractivity contribution in [2.45, 2.75) is 45.4 Å². The van der Waals surface area contributed by atoms with Crippen LogP contribution in [-0.4, -0.2) is 45.2 Å². The zero-order chi connectivity index (χ0) is 19.0. The maximum absolute atomic E-state index is 12.1. The summed E-state index contributed by atoms with van der Waals surface area (Å²) in [6, 6.07) is 7.16. The van der Waals surface area contributed by atoms with Gasteiger partial charge in [-0.05, 0) is 31.0 Å². The third kappa shape index (κ3) is 10.0. The molecule has 1 aromatic rings. The summed E-state index contributed by atoms with van der Waals surface area (Å²) < 4.78 is 4.96. The van der Waals surface area contributed by atoms with Crippen LogP contribution >= 0.6 is 0 Å². The minimum atomic E-state index is -0.124. The Morgan fingerprint density at radius 3 is 2.54 bits per heavy atom. The van der Waals surface area contributed by atoms with E-state index in [2.05, 4.69) is 22.9 Å². The molecule has 0 aliphatic heterocycles. The van der Waals surface area contributed by atoms with Crippen LogP contribution in [0.3, 0.4) is 0 Å². The highest BCUT2D eigenvalue weighted by molar-refractivity contribution is 5.95. The molecular formula is C20H33N3O3.